The quantitative estimate of drug-likeness (QED) is 0.436. The number of nitrogens with zero attached hydrogens (tertiary/aromatic N) is 3. The van der Waals surface area contributed by atoms with E-state index in [-0.39, 0.29) is 6.04 Å². The average Bonchev–Trinajstić information content (AvgIpc) is 3.14. The van der Waals surface area contributed by atoms with Gasteiger partial charge in [0.05, 0.1) is 25.4 Å². The minimum Gasteiger partial charge on any atom is -0.497 e. The minimum atomic E-state index is -0.577. The number of aryl methyl sites for hydroxylation is 1. The molecule has 178 valence electrons. The lowest BCUT2D eigenvalue weighted by Gasteiger charge is -2.30. The molecule has 0 radical (unpaired) electrons. The van der Waals surface area contributed by atoms with Gasteiger partial charge in [-0.2, -0.15) is 5.10 Å². The summed E-state index contributed by atoms with van der Waals surface area (Å²) in [7, 11) is 5.14. The highest BCUT2D eigenvalue weighted by Gasteiger charge is 2.25. The molecule has 0 unspecified atom stereocenters. The summed E-state index contributed by atoms with van der Waals surface area (Å²) in [5.41, 5.74) is 2.87. The lowest BCUT2D eigenvalue weighted by molar-refractivity contribution is 0.0253. The molecule has 0 spiro atoms. The van der Waals surface area contributed by atoms with E-state index >= 15 is 0 Å². The van der Waals surface area contributed by atoms with Gasteiger partial charge in [0.25, 0.3) is 0 Å². The van der Waals surface area contributed by atoms with Crippen molar-refractivity contribution in [3.8, 4) is 28.6 Å². The Kier molecular flexibility index (Phi) is 8.88. The Bertz CT molecular complexity index is 989. The van der Waals surface area contributed by atoms with Crippen molar-refractivity contribution in [2.45, 2.75) is 39.0 Å². The summed E-state index contributed by atoms with van der Waals surface area (Å²) in [4.78, 5) is 2.26. The van der Waals surface area contributed by atoms with Crippen molar-refractivity contribution in [3.63, 3.8) is 0 Å². The predicted molar refractivity (Wildman–Crippen MR) is 130 cm³/mol. The van der Waals surface area contributed by atoms with Gasteiger partial charge in [0.15, 0.2) is 0 Å². The van der Waals surface area contributed by atoms with E-state index in [1.807, 2.05) is 49.5 Å². The molecule has 0 saturated heterocycles. The molecular formula is C26H35N3O4. The van der Waals surface area contributed by atoms with Crippen molar-refractivity contribution >= 4 is 0 Å². The van der Waals surface area contributed by atoms with Gasteiger partial charge in [-0.25, -0.2) is 4.68 Å². The minimum absolute atomic E-state index is 0.258. The topological polar surface area (TPSA) is 69.0 Å². The Balaban J connectivity index is 2.01. The second-order valence-corrected chi connectivity index (χ2v) is 8.20. The monoisotopic (exact) mass is 453 g/mol. The van der Waals surface area contributed by atoms with Crippen LogP contribution in [0.4, 0.5) is 0 Å². The maximum atomic E-state index is 10.5. The van der Waals surface area contributed by atoms with Crippen molar-refractivity contribution in [3.05, 3.63) is 60.2 Å². The Hall–Kier alpha value is -2.87. The van der Waals surface area contributed by atoms with Gasteiger partial charge < -0.3 is 19.3 Å². The summed E-state index contributed by atoms with van der Waals surface area (Å²) in [5.74, 6) is 2.15. The van der Waals surface area contributed by atoms with Crippen LogP contribution < -0.4 is 9.47 Å². The number of rotatable bonds is 12. The Morgan fingerprint density at radius 1 is 1.03 bits per heavy atom. The van der Waals surface area contributed by atoms with Crippen LogP contribution in [0.3, 0.4) is 0 Å². The van der Waals surface area contributed by atoms with Crippen molar-refractivity contribution in [2.75, 3.05) is 27.4 Å². The molecule has 2 aromatic carbocycles. The number of aliphatic hydroxyl groups excluding tert-OH is 1. The molecule has 0 fully saturated rings. The van der Waals surface area contributed by atoms with Crippen LogP contribution in [-0.2, 0) is 18.3 Å². The van der Waals surface area contributed by atoms with E-state index in [0.717, 1.165) is 29.0 Å². The number of aromatic nitrogens is 2. The van der Waals surface area contributed by atoms with Crippen LogP contribution in [0.2, 0.25) is 0 Å². The van der Waals surface area contributed by atoms with Gasteiger partial charge in [-0.15, -0.1) is 0 Å². The van der Waals surface area contributed by atoms with Crippen LogP contribution >= 0.6 is 0 Å². The summed E-state index contributed by atoms with van der Waals surface area (Å²) < 4.78 is 18.5. The Labute approximate surface area is 196 Å². The van der Waals surface area contributed by atoms with E-state index in [9.17, 15) is 5.11 Å². The zero-order valence-corrected chi connectivity index (χ0v) is 20.2. The first-order valence-electron chi connectivity index (χ1n) is 11.3. The van der Waals surface area contributed by atoms with Crippen LogP contribution in [0, 0.1) is 0 Å². The normalized spacial score (nSPS) is 13.2. The standard InChI is InChI=1S/C26H35N3O4/c1-6-19(2)29(16-21(30)18-31-4)17-24-25(20-10-8-7-9-11-20)27-28(3)26(24)33-23-14-12-22(32-5)13-15-23/h7-15,19,21,30H,6,16-18H2,1-5H3/t19-,21+/m0/s1. The maximum Gasteiger partial charge on any atom is 0.222 e. The SMILES string of the molecule is CC[C@H](C)N(Cc1c(-c2ccccc2)nn(C)c1Oc1ccc(OC)cc1)C[C@@H](O)COC. The molecule has 0 amide bonds. The highest BCUT2D eigenvalue weighted by Crippen LogP contribution is 2.35. The molecule has 0 aliphatic rings. The lowest BCUT2D eigenvalue weighted by atomic mass is 10.1. The highest BCUT2D eigenvalue weighted by atomic mass is 16.5. The van der Waals surface area contributed by atoms with Gasteiger partial charge in [0.1, 0.15) is 17.2 Å². The predicted octanol–water partition coefficient (Wildman–Crippen LogP) is 4.50. The largest absolute Gasteiger partial charge is 0.497 e. The molecule has 3 rings (SSSR count). The fourth-order valence-electron chi connectivity index (χ4n) is 3.78. The van der Waals surface area contributed by atoms with Gasteiger partial charge in [-0.1, -0.05) is 37.3 Å². The molecule has 1 aromatic heterocycles. The van der Waals surface area contributed by atoms with Crippen LogP contribution in [0.1, 0.15) is 25.8 Å². The molecule has 33 heavy (non-hydrogen) atoms. The average molecular weight is 454 g/mol. The molecule has 0 saturated carbocycles. The van der Waals surface area contributed by atoms with Crippen molar-refractivity contribution in [1.29, 1.82) is 0 Å². The first kappa shape index (κ1) is 24.8. The second kappa shape index (κ2) is 11.8. The lowest BCUT2D eigenvalue weighted by Crippen LogP contribution is -2.39. The van der Waals surface area contributed by atoms with E-state index < -0.39 is 6.10 Å². The number of hydrogen-bond acceptors (Lipinski definition) is 6. The Morgan fingerprint density at radius 3 is 2.30 bits per heavy atom. The van der Waals surface area contributed by atoms with Gasteiger partial charge in [-0.05, 0) is 37.6 Å². The van der Waals surface area contributed by atoms with E-state index in [1.54, 1.807) is 18.9 Å². The molecule has 7 heteroatoms. The van der Waals surface area contributed by atoms with Crippen molar-refractivity contribution < 1.29 is 19.3 Å². The third-order valence-electron chi connectivity index (χ3n) is 5.79. The van der Waals surface area contributed by atoms with Crippen molar-refractivity contribution in [2.24, 2.45) is 7.05 Å². The fraction of sp³-hybridized carbons (Fsp3) is 0.423. The summed E-state index contributed by atoms with van der Waals surface area (Å²) in [6.07, 6.45) is 0.377. The zero-order valence-electron chi connectivity index (χ0n) is 20.2. The van der Waals surface area contributed by atoms with Gasteiger partial charge in [0, 0.05) is 38.9 Å². The van der Waals surface area contributed by atoms with E-state index in [4.69, 9.17) is 19.3 Å². The van der Waals surface area contributed by atoms with Gasteiger partial charge >= 0.3 is 0 Å². The summed E-state index contributed by atoms with van der Waals surface area (Å²) in [6.45, 7) is 5.69. The van der Waals surface area contributed by atoms with Crippen LogP contribution in [-0.4, -0.2) is 59.3 Å². The molecule has 1 heterocycles. The number of aliphatic hydroxyl groups is 1. The third kappa shape index (κ3) is 6.35. The van der Waals surface area contributed by atoms with Crippen LogP contribution in [0.15, 0.2) is 54.6 Å². The van der Waals surface area contributed by atoms with E-state index in [2.05, 4.69) is 30.9 Å². The van der Waals surface area contributed by atoms with E-state index in [1.165, 1.54) is 0 Å². The molecule has 2 atom stereocenters. The molecule has 7 nitrogen and oxygen atoms in total. The number of hydrogen-bond donors (Lipinski definition) is 1. The van der Waals surface area contributed by atoms with Gasteiger partial charge in [-0.3, -0.25) is 4.90 Å². The summed E-state index contributed by atoms with van der Waals surface area (Å²) in [6, 6.07) is 17.9. The van der Waals surface area contributed by atoms with Gasteiger partial charge in [0.2, 0.25) is 5.88 Å². The number of ether oxygens (including phenoxy) is 3. The number of benzene rings is 2. The van der Waals surface area contributed by atoms with Crippen molar-refractivity contribution in [1.82, 2.24) is 14.7 Å². The second-order valence-electron chi connectivity index (χ2n) is 8.20. The molecule has 0 aliphatic carbocycles. The van der Waals surface area contributed by atoms with Crippen LogP contribution in [0.25, 0.3) is 11.3 Å². The summed E-state index contributed by atoms with van der Waals surface area (Å²) in [5, 5.41) is 15.3. The van der Waals surface area contributed by atoms with E-state index in [0.29, 0.717) is 31.3 Å². The molecular weight excluding hydrogens is 418 g/mol. The molecule has 0 aliphatic heterocycles. The Morgan fingerprint density at radius 2 is 1.70 bits per heavy atom. The fourth-order valence-corrected chi connectivity index (χ4v) is 3.78. The number of methoxy groups -OCH3 is 2. The molecule has 0 bridgehead atoms. The highest BCUT2D eigenvalue weighted by molar-refractivity contribution is 5.65. The zero-order chi connectivity index (χ0) is 23.8. The maximum absolute atomic E-state index is 10.5. The third-order valence-corrected chi connectivity index (χ3v) is 5.79. The summed E-state index contributed by atoms with van der Waals surface area (Å²) >= 11 is 0. The smallest absolute Gasteiger partial charge is 0.222 e. The molecule has 3 aromatic rings. The molecule has 1 N–H and O–H groups in total. The first-order valence-corrected chi connectivity index (χ1v) is 11.3. The van der Waals surface area contributed by atoms with Crippen LogP contribution in [0.5, 0.6) is 17.4 Å². The first-order chi connectivity index (χ1) is 16.0.